The first-order valence-corrected chi connectivity index (χ1v) is 16.6. The summed E-state index contributed by atoms with van der Waals surface area (Å²) < 4.78 is 20.4. The molecule has 7 nitrogen and oxygen atoms in total. The number of thiocarbonyl (C=S) groups is 1. The molecule has 1 aliphatic rings. The van der Waals surface area contributed by atoms with E-state index >= 15 is 0 Å². The highest BCUT2D eigenvalue weighted by atomic mass is 32.2. The van der Waals surface area contributed by atoms with Crippen molar-refractivity contribution in [2.75, 3.05) is 19.4 Å². The van der Waals surface area contributed by atoms with Gasteiger partial charge in [0, 0.05) is 19.7 Å². The van der Waals surface area contributed by atoms with E-state index < -0.39 is 20.5 Å². The third kappa shape index (κ3) is 5.87. The molecule has 0 radical (unpaired) electrons. The van der Waals surface area contributed by atoms with Crippen molar-refractivity contribution in [1.29, 1.82) is 0 Å². The summed E-state index contributed by atoms with van der Waals surface area (Å²) in [6, 6.07) is -0.279. The minimum atomic E-state index is -2.04. The normalized spacial score (nSPS) is 19.9. The summed E-state index contributed by atoms with van der Waals surface area (Å²) in [5.41, 5.74) is 0. The molecule has 3 heterocycles. The van der Waals surface area contributed by atoms with E-state index in [0.29, 0.717) is 18.0 Å². The molecule has 0 N–H and O–H groups in total. The molecular formula is C23H35N3O4S3Si. The van der Waals surface area contributed by atoms with Crippen LogP contribution in [0.15, 0.2) is 30.2 Å². The second-order valence-electron chi connectivity index (χ2n) is 9.94. The minimum Gasteiger partial charge on any atom is -0.476 e. The molecule has 0 aliphatic carbocycles. The first kappa shape index (κ1) is 27.2. The van der Waals surface area contributed by atoms with Crippen LogP contribution in [0.2, 0.25) is 18.1 Å². The van der Waals surface area contributed by atoms with E-state index in [1.54, 1.807) is 41.0 Å². The third-order valence-corrected chi connectivity index (χ3v) is 12.8. The van der Waals surface area contributed by atoms with E-state index in [-0.39, 0.29) is 23.8 Å². The molecule has 1 aliphatic heterocycles. The van der Waals surface area contributed by atoms with Gasteiger partial charge in [-0.05, 0) is 43.0 Å². The lowest BCUT2D eigenvalue weighted by molar-refractivity contribution is 0.0637. The lowest BCUT2D eigenvalue weighted by Crippen LogP contribution is -2.45. The molecule has 0 aromatic carbocycles. The number of imidazole rings is 1. The standard InChI is InChI=1S/C23H35N3O4S3Si/c1-9-10-28-22(27)25-13-16(30-34(7,8)23(3,4)5)11-17(25)20(29-15(2)31)18-14-26-19(33-18)12-24-21(26)32-6/h9,12,14,16-17,20H,1,10-11,13H2,2-8H3/t16-,17+,20?/m1/s1. The summed E-state index contributed by atoms with van der Waals surface area (Å²) in [4.78, 5) is 21.3. The Labute approximate surface area is 217 Å². The van der Waals surface area contributed by atoms with Gasteiger partial charge in [-0.15, -0.1) is 11.3 Å². The molecule has 0 bridgehead atoms. The molecule has 2 aromatic heterocycles. The van der Waals surface area contributed by atoms with Crippen LogP contribution in [0, 0.1) is 0 Å². The van der Waals surface area contributed by atoms with Crippen molar-refractivity contribution in [2.45, 2.75) is 75.7 Å². The Morgan fingerprint density at radius 3 is 2.76 bits per heavy atom. The van der Waals surface area contributed by atoms with Gasteiger partial charge in [0.15, 0.2) is 24.6 Å². The number of ether oxygens (including phenoxy) is 2. The van der Waals surface area contributed by atoms with E-state index in [1.807, 2.05) is 18.6 Å². The predicted octanol–water partition coefficient (Wildman–Crippen LogP) is 6.31. The van der Waals surface area contributed by atoms with E-state index in [0.717, 1.165) is 14.9 Å². The van der Waals surface area contributed by atoms with Crippen molar-refractivity contribution in [2.24, 2.45) is 0 Å². The molecule has 11 heteroatoms. The molecule has 1 amide bonds. The predicted molar refractivity (Wildman–Crippen MR) is 146 cm³/mol. The van der Waals surface area contributed by atoms with Gasteiger partial charge < -0.3 is 13.9 Å². The topological polar surface area (TPSA) is 65.3 Å². The monoisotopic (exact) mass is 541 g/mol. The number of hydrogen-bond donors (Lipinski definition) is 0. The second kappa shape index (κ2) is 10.7. The maximum absolute atomic E-state index is 13.1. The number of fused-ring (bicyclic) bond motifs is 1. The van der Waals surface area contributed by atoms with E-state index in [9.17, 15) is 4.79 Å². The fourth-order valence-corrected chi connectivity index (χ4v) is 6.89. The zero-order chi connectivity index (χ0) is 25.3. The SMILES string of the molecule is C=CCOC(=O)N1C[C@H](O[Si](C)(C)C(C)(C)C)C[C@H]1C(OC(C)=S)c1cn2c(SC)ncc2s1. The van der Waals surface area contributed by atoms with Crippen molar-refractivity contribution in [3.05, 3.63) is 29.9 Å². The lowest BCUT2D eigenvalue weighted by Gasteiger charge is -2.38. The number of amides is 1. The summed E-state index contributed by atoms with van der Waals surface area (Å²) in [6.45, 7) is 17.1. The van der Waals surface area contributed by atoms with Crippen LogP contribution >= 0.6 is 35.3 Å². The Balaban J connectivity index is 1.96. The van der Waals surface area contributed by atoms with Crippen LogP contribution in [0.25, 0.3) is 4.83 Å². The average molecular weight is 542 g/mol. The van der Waals surface area contributed by atoms with Crippen LogP contribution in [-0.4, -0.2) is 65.3 Å². The van der Waals surface area contributed by atoms with Crippen molar-refractivity contribution in [3.63, 3.8) is 0 Å². The molecule has 0 saturated carbocycles. The van der Waals surface area contributed by atoms with Gasteiger partial charge in [0.25, 0.3) is 0 Å². The lowest BCUT2D eigenvalue weighted by atomic mass is 10.1. The van der Waals surface area contributed by atoms with Gasteiger partial charge in [0.2, 0.25) is 0 Å². The number of carbonyl (C=O) groups is 1. The van der Waals surface area contributed by atoms with E-state index in [2.05, 4.69) is 49.8 Å². The molecular weight excluding hydrogens is 507 g/mol. The molecule has 3 rings (SSSR count). The Morgan fingerprint density at radius 2 is 2.18 bits per heavy atom. The van der Waals surface area contributed by atoms with Crippen LogP contribution in [0.4, 0.5) is 4.79 Å². The number of aromatic nitrogens is 2. The fourth-order valence-electron chi connectivity index (χ4n) is 3.80. The van der Waals surface area contributed by atoms with Crippen LogP contribution < -0.4 is 0 Å². The maximum Gasteiger partial charge on any atom is 0.410 e. The molecule has 34 heavy (non-hydrogen) atoms. The number of nitrogens with zero attached hydrogens (tertiary/aromatic N) is 3. The fraction of sp³-hybridized carbons (Fsp3) is 0.609. The van der Waals surface area contributed by atoms with Crippen LogP contribution in [0.3, 0.4) is 0 Å². The average Bonchev–Trinajstić information content (AvgIpc) is 3.43. The van der Waals surface area contributed by atoms with Crippen LogP contribution in [-0.2, 0) is 13.9 Å². The van der Waals surface area contributed by atoms with Crippen molar-refractivity contribution in [3.8, 4) is 0 Å². The largest absolute Gasteiger partial charge is 0.476 e. The molecule has 1 unspecified atom stereocenters. The van der Waals surface area contributed by atoms with Crippen molar-refractivity contribution < 1.29 is 18.7 Å². The summed E-state index contributed by atoms with van der Waals surface area (Å²) >= 11 is 8.52. The van der Waals surface area contributed by atoms with E-state index in [4.69, 9.17) is 26.1 Å². The number of carbonyl (C=O) groups excluding carboxylic acids is 1. The van der Waals surface area contributed by atoms with Gasteiger partial charge in [-0.3, -0.25) is 9.30 Å². The Kier molecular flexibility index (Phi) is 8.55. The van der Waals surface area contributed by atoms with Gasteiger partial charge in [0.1, 0.15) is 11.4 Å². The zero-order valence-corrected chi connectivity index (χ0v) is 24.4. The summed E-state index contributed by atoms with van der Waals surface area (Å²) in [5, 5.41) is 1.40. The highest BCUT2D eigenvalue weighted by molar-refractivity contribution is 7.98. The highest BCUT2D eigenvalue weighted by Crippen LogP contribution is 2.42. The molecule has 2 aromatic rings. The molecule has 3 atom stereocenters. The first-order chi connectivity index (χ1) is 15.9. The van der Waals surface area contributed by atoms with Crippen molar-refractivity contribution in [1.82, 2.24) is 14.3 Å². The summed E-state index contributed by atoms with van der Waals surface area (Å²) in [5.74, 6) is 0. The van der Waals surface area contributed by atoms with Crippen LogP contribution in [0.1, 0.15) is 45.1 Å². The number of hydrogen-bond acceptors (Lipinski definition) is 8. The van der Waals surface area contributed by atoms with Crippen LogP contribution in [0.5, 0.6) is 0 Å². The molecule has 1 fully saturated rings. The number of likely N-dealkylation sites (tertiary alicyclic amines) is 1. The Bertz CT molecular complexity index is 1050. The molecule has 188 valence electrons. The second-order valence-corrected chi connectivity index (χ2v) is 17.1. The smallest absolute Gasteiger partial charge is 0.410 e. The number of rotatable bonds is 8. The zero-order valence-electron chi connectivity index (χ0n) is 21.0. The van der Waals surface area contributed by atoms with Crippen molar-refractivity contribution >= 4 is 59.6 Å². The number of thioether (sulfide) groups is 1. The van der Waals surface area contributed by atoms with Gasteiger partial charge in [-0.2, -0.15) is 0 Å². The van der Waals surface area contributed by atoms with Gasteiger partial charge in [0.05, 0.1) is 23.2 Å². The Morgan fingerprint density at radius 1 is 1.47 bits per heavy atom. The van der Waals surface area contributed by atoms with E-state index in [1.165, 1.54) is 0 Å². The summed E-state index contributed by atoms with van der Waals surface area (Å²) in [6.07, 6.45) is 7.18. The maximum atomic E-state index is 13.1. The number of thiazole rings is 1. The van der Waals surface area contributed by atoms with Gasteiger partial charge in [-0.25, -0.2) is 9.78 Å². The molecule has 0 spiro atoms. The highest BCUT2D eigenvalue weighted by Gasteiger charge is 2.47. The first-order valence-electron chi connectivity index (χ1n) is 11.3. The van der Waals surface area contributed by atoms with Gasteiger partial charge in [-0.1, -0.05) is 45.2 Å². The quantitative estimate of drug-likeness (QED) is 0.168. The molecule has 1 saturated heterocycles. The summed E-state index contributed by atoms with van der Waals surface area (Å²) in [7, 11) is -2.04. The third-order valence-electron chi connectivity index (χ3n) is 6.44. The minimum absolute atomic E-state index is 0.0642. The van der Waals surface area contributed by atoms with Gasteiger partial charge >= 0.3 is 6.09 Å². The Hall–Kier alpha value is -1.40.